The quantitative estimate of drug-likeness (QED) is 0.870. The summed E-state index contributed by atoms with van der Waals surface area (Å²) in [6.07, 6.45) is 2.21. The summed E-state index contributed by atoms with van der Waals surface area (Å²) >= 11 is 0. The van der Waals surface area contributed by atoms with E-state index in [0.29, 0.717) is 0 Å². The van der Waals surface area contributed by atoms with Crippen molar-refractivity contribution >= 4 is 0 Å². The Kier molecular flexibility index (Phi) is 2.74. The SMILES string of the molecule is COc1cc(C)c(C)cc1C(C)(C)C1(N)CC1. The van der Waals surface area contributed by atoms with Gasteiger partial charge in [0.15, 0.2) is 0 Å². The molecule has 0 heterocycles. The third kappa shape index (κ3) is 1.85. The summed E-state index contributed by atoms with van der Waals surface area (Å²) in [5, 5.41) is 0. The van der Waals surface area contributed by atoms with E-state index >= 15 is 0 Å². The van der Waals surface area contributed by atoms with Crippen molar-refractivity contribution in [2.75, 3.05) is 7.11 Å². The van der Waals surface area contributed by atoms with Crippen LogP contribution in [0.3, 0.4) is 0 Å². The van der Waals surface area contributed by atoms with Crippen LogP contribution in [0.4, 0.5) is 0 Å². The number of ether oxygens (including phenoxy) is 1. The lowest BCUT2D eigenvalue weighted by Crippen LogP contribution is -2.43. The number of benzene rings is 1. The molecule has 17 heavy (non-hydrogen) atoms. The molecule has 1 aliphatic carbocycles. The first-order valence-electron chi connectivity index (χ1n) is 6.26. The maximum Gasteiger partial charge on any atom is 0.122 e. The van der Waals surface area contributed by atoms with E-state index in [4.69, 9.17) is 10.5 Å². The summed E-state index contributed by atoms with van der Waals surface area (Å²) in [4.78, 5) is 0. The van der Waals surface area contributed by atoms with Crippen LogP contribution < -0.4 is 10.5 Å². The van der Waals surface area contributed by atoms with Gasteiger partial charge in [0.25, 0.3) is 0 Å². The fourth-order valence-electron chi connectivity index (χ4n) is 2.47. The number of hydrogen-bond acceptors (Lipinski definition) is 2. The normalized spacial score (nSPS) is 18.0. The zero-order chi connectivity index (χ0) is 12.8. The summed E-state index contributed by atoms with van der Waals surface area (Å²) in [5.41, 5.74) is 10.1. The third-order valence-electron chi connectivity index (χ3n) is 4.52. The Morgan fingerprint density at radius 3 is 2.18 bits per heavy atom. The van der Waals surface area contributed by atoms with E-state index < -0.39 is 0 Å². The molecule has 0 atom stereocenters. The predicted octanol–water partition coefficient (Wildman–Crippen LogP) is 3.08. The molecule has 0 bridgehead atoms. The number of rotatable bonds is 3. The van der Waals surface area contributed by atoms with E-state index in [9.17, 15) is 0 Å². The lowest BCUT2D eigenvalue weighted by molar-refractivity contribution is 0.353. The summed E-state index contributed by atoms with van der Waals surface area (Å²) in [6.45, 7) is 8.72. The number of hydrogen-bond donors (Lipinski definition) is 1. The van der Waals surface area contributed by atoms with Crippen molar-refractivity contribution in [2.24, 2.45) is 5.73 Å². The molecule has 0 unspecified atom stereocenters. The Morgan fingerprint density at radius 2 is 1.71 bits per heavy atom. The van der Waals surface area contributed by atoms with Gasteiger partial charge in [-0.05, 0) is 43.9 Å². The molecule has 1 saturated carbocycles. The molecular formula is C15H23NO. The topological polar surface area (TPSA) is 35.2 Å². The van der Waals surface area contributed by atoms with E-state index in [1.165, 1.54) is 16.7 Å². The highest BCUT2D eigenvalue weighted by Gasteiger charge is 2.52. The van der Waals surface area contributed by atoms with Crippen LogP contribution >= 0.6 is 0 Å². The molecule has 1 aromatic carbocycles. The Hall–Kier alpha value is -1.02. The van der Waals surface area contributed by atoms with Gasteiger partial charge in [-0.2, -0.15) is 0 Å². The Morgan fingerprint density at radius 1 is 1.18 bits per heavy atom. The molecule has 1 fully saturated rings. The van der Waals surface area contributed by atoms with Crippen LogP contribution in [0.1, 0.15) is 43.4 Å². The number of methoxy groups -OCH3 is 1. The van der Waals surface area contributed by atoms with Crippen molar-refractivity contribution in [1.29, 1.82) is 0 Å². The largest absolute Gasteiger partial charge is 0.496 e. The van der Waals surface area contributed by atoms with Gasteiger partial charge in [0.2, 0.25) is 0 Å². The van der Waals surface area contributed by atoms with Crippen molar-refractivity contribution < 1.29 is 4.74 Å². The molecule has 94 valence electrons. The lowest BCUT2D eigenvalue weighted by atomic mass is 9.74. The summed E-state index contributed by atoms with van der Waals surface area (Å²) in [7, 11) is 1.74. The van der Waals surface area contributed by atoms with Gasteiger partial charge in [-0.15, -0.1) is 0 Å². The summed E-state index contributed by atoms with van der Waals surface area (Å²) in [6, 6.07) is 4.36. The Bertz CT molecular complexity index is 444. The van der Waals surface area contributed by atoms with Crippen LogP contribution in [0.2, 0.25) is 0 Å². The molecule has 1 aliphatic rings. The highest BCUT2D eigenvalue weighted by molar-refractivity contribution is 5.48. The molecule has 0 radical (unpaired) electrons. The maximum atomic E-state index is 6.41. The first kappa shape index (κ1) is 12.4. The second-order valence-corrected chi connectivity index (χ2v) is 5.92. The zero-order valence-electron chi connectivity index (χ0n) is 11.6. The van der Waals surface area contributed by atoms with E-state index in [-0.39, 0.29) is 11.0 Å². The third-order valence-corrected chi connectivity index (χ3v) is 4.52. The molecule has 0 aromatic heterocycles. The maximum absolute atomic E-state index is 6.41. The molecule has 0 amide bonds. The molecule has 2 heteroatoms. The van der Waals surface area contributed by atoms with Crippen LogP contribution in [0.5, 0.6) is 5.75 Å². The van der Waals surface area contributed by atoms with E-state index in [1.807, 2.05) is 0 Å². The molecular weight excluding hydrogens is 210 g/mol. The van der Waals surface area contributed by atoms with Gasteiger partial charge < -0.3 is 10.5 Å². The van der Waals surface area contributed by atoms with Gasteiger partial charge in [0, 0.05) is 16.5 Å². The zero-order valence-corrected chi connectivity index (χ0v) is 11.6. The second-order valence-electron chi connectivity index (χ2n) is 5.92. The molecule has 2 N–H and O–H groups in total. The van der Waals surface area contributed by atoms with Crippen LogP contribution in [-0.2, 0) is 5.41 Å². The summed E-state index contributed by atoms with van der Waals surface area (Å²) < 4.78 is 5.53. The fourth-order valence-corrected chi connectivity index (χ4v) is 2.47. The van der Waals surface area contributed by atoms with Gasteiger partial charge >= 0.3 is 0 Å². The van der Waals surface area contributed by atoms with Crippen molar-refractivity contribution in [3.05, 3.63) is 28.8 Å². The minimum atomic E-state index is -0.0536. The second kappa shape index (κ2) is 3.74. The van der Waals surface area contributed by atoms with Gasteiger partial charge in [-0.25, -0.2) is 0 Å². The van der Waals surface area contributed by atoms with Gasteiger partial charge in [-0.1, -0.05) is 19.9 Å². The molecule has 0 aliphatic heterocycles. The monoisotopic (exact) mass is 233 g/mol. The Labute approximate surface area is 104 Å². The van der Waals surface area contributed by atoms with Crippen LogP contribution in [0, 0.1) is 13.8 Å². The highest BCUT2D eigenvalue weighted by Crippen LogP contribution is 2.51. The first-order valence-corrected chi connectivity index (χ1v) is 6.26. The average molecular weight is 233 g/mol. The smallest absolute Gasteiger partial charge is 0.122 e. The predicted molar refractivity (Wildman–Crippen MR) is 71.6 cm³/mol. The fraction of sp³-hybridized carbons (Fsp3) is 0.600. The minimum absolute atomic E-state index is 0.0309. The van der Waals surface area contributed by atoms with Crippen molar-refractivity contribution in [3.8, 4) is 5.75 Å². The van der Waals surface area contributed by atoms with Crippen LogP contribution in [0.25, 0.3) is 0 Å². The first-order chi connectivity index (χ1) is 7.82. The molecule has 0 saturated heterocycles. The average Bonchev–Trinajstić information content (AvgIpc) is 3.01. The van der Waals surface area contributed by atoms with E-state index in [2.05, 4.69) is 39.8 Å². The van der Waals surface area contributed by atoms with Crippen LogP contribution in [-0.4, -0.2) is 12.6 Å². The highest BCUT2D eigenvalue weighted by atomic mass is 16.5. The van der Waals surface area contributed by atoms with Crippen LogP contribution in [0.15, 0.2) is 12.1 Å². The molecule has 2 rings (SSSR count). The van der Waals surface area contributed by atoms with Crippen molar-refractivity contribution in [3.63, 3.8) is 0 Å². The number of nitrogens with two attached hydrogens (primary N) is 1. The van der Waals surface area contributed by atoms with Gasteiger partial charge in [-0.3, -0.25) is 0 Å². The molecule has 0 spiro atoms. The van der Waals surface area contributed by atoms with Crippen molar-refractivity contribution in [2.45, 2.75) is 51.5 Å². The van der Waals surface area contributed by atoms with Gasteiger partial charge in [0.05, 0.1) is 7.11 Å². The standard InChI is InChI=1S/C15H23NO/c1-10-8-12(13(17-5)9-11(10)2)14(3,4)15(16)6-7-15/h8-9H,6-7,16H2,1-5H3. The summed E-state index contributed by atoms with van der Waals surface area (Å²) in [5.74, 6) is 0.967. The molecule has 1 aromatic rings. The van der Waals surface area contributed by atoms with E-state index in [1.54, 1.807) is 7.11 Å². The van der Waals surface area contributed by atoms with Crippen molar-refractivity contribution in [1.82, 2.24) is 0 Å². The lowest BCUT2D eigenvalue weighted by Gasteiger charge is -2.34. The minimum Gasteiger partial charge on any atom is -0.496 e. The molecule has 2 nitrogen and oxygen atoms in total. The van der Waals surface area contributed by atoms with Gasteiger partial charge in [0.1, 0.15) is 5.75 Å². The number of aryl methyl sites for hydroxylation is 2. The van der Waals surface area contributed by atoms with E-state index in [0.717, 1.165) is 18.6 Å². The Balaban J connectivity index is 2.54.